The van der Waals surface area contributed by atoms with Crippen molar-refractivity contribution in [2.75, 3.05) is 6.54 Å². The summed E-state index contributed by atoms with van der Waals surface area (Å²) in [5.74, 6) is -1.08. The van der Waals surface area contributed by atoms with Crippen molar-refractivity contribution in [1.82, 2.24) is 15.1 Å². The Labute approximate surface area is 117 Å². The molecule has 0 bridgehead atoms. The molecular weight excluding hydrogens is 260 g/mol. The minimum absolute atomic E-state index is 0.00139. The normalized spacial score (nSPS) is 12.6. The first-order chi connectivity index (χ1) is 9.62. The Hall–Kier alpha value is -1.75. The van der Waals surface area contributed by atoms with Gasteiger partial charge in [-0.1, -0.05) is 6.92 Å². The zero-order valence-corrected chi connectivity index (χ0v) is 11.7. The van der Waals surface area contributed by atoms with Crippen molar-refractivity contribution in [3.63, 3.8) is 0 Å². The molecule has 1 aromatic carbocycles. The van der Waals surface area contributed by atoms with Gasteiger partial charge in [-0.25, -0.2) is 8.78 Å². The molecule has 0 spiro atoms. The lowest BCUT2D eigenvalue weighted by Gasteiger charge is -2.16. The van der Waals surface area contributed by atoms with Gasteiger partial charge in [0.05, 0.1) is 6.20 Å². The molecule has 0 saturated carbocycles. The monoisotopic (exact) mass is 279 g/mol. The minimum atomic E-state index is -0.542. The van der Waals surface area contributed by atoms with E-state index in [9.17, 15) is 8.78 Å². The summed E-state index contributed by atoms with van der Waals surface area (Å²) in [6, 6.07) is 3.64. The van der Waals surface area contributed by atoms with E-state index in [1.54, 1.807) is 6.20 Å². The second kappa shape index (κ2) is 6.61. The molecule has 0 amide bonds. The molecule has 0 aliphatic rings. The summed E-state index contributed by atoms with van der Waals surface area (Å²) in [5, 5.41) is 7.57. The number of benzene rings is 1. The summed E-state index contributed by atoms with van der Waals surface area (Å²) >= 11 is 0. The molecular formula is C15H19F2N3. The van der Waals surface area contributed by atoms with Gasteiger partial charge < -0.3 is 5.32 Å². The van der Waals surface area contributed by atoms with Crippen molar-refractivity contribution in [2.45, 2.75) is 32.9 Å². The highest BCUT2D eigenvalue weighted by molar-refractivity contribution is 5.22. The Balaban J connectivity index is 2.20. The zero-order chi connectivity index (χ0) is 14.5. The lowest BCUT2D eigenvalue weighted by atomic mass is 10.0. The molecule has 2 aromatic rings. The standard InChI is InChI=1S/C15H19F2N3/c1-3-18-15(12-9-19-20(4-2)10-12)7-11-5-13(16)8-14(17)6-11/h5-6,8-10,15,18H,3-4,7H2,1-2H3. The van der Waals surface area contributed by atoms with E-state index in [0.29, 0.717) is 12.0 Å². The molecule has 0 fully saturated rings. The van der Waals surface area contributed by atoms with E-state index in [1.165, 1.54) is 12.1 Å². The number of rotatable bonds is 6. The largest absolute Gasteiger partial charge is 0.310 e. The van der Waals surface area contributed by atoms with Crippen LogP contribution in [-0.4, -0.2) is 16.3 Å². The fraction of sp³-hybridized carbons (Fsp3) is 0.400. The number of aromatic nitrogens is 2. The number of halogens is 2. The van der Waals surface area contributed by atoms with Crippen LogP contribution in [0, 0.1) is 11.6 Å². The molecule has 0 radical (unpaired) electrons. The smallest absolute Gasteiger partial charge is 0.126 e. The maximum atomic E-state index is 13.2. The van der Waals surface area contributed by atoms with Crippen LogP contribution in [0.15, 0.2) is 30.6 Å². The van der Waals surface area contributed by atoms with Crippen LogP contribution >= 0.6 is 0 Å². The highest BCUT2D eigenvalue weighted by Gasteiger charge is 2.14. The van der Waals surface area contributed by atoms with Crippen LogP contribution in [0.3, 0.4) is 0 Å². The second-order valence-electron chi connectivity index (χ2n) is 4.72. The van der Waals surface area contributed by atoms with Crippen molar-refractivity contribution in [2.24, 2.45) is 0 Å². The van der Waals surface area contributed by atoms with Crippen molar-refractivity contribution in [3.8, 4) is 0 Å². The van der Waals surface area contributed by atoms with E-state index in [2.05, 4.69) is 10.4 Å². The number of hydrogen-bond donors (Lipinski definition) is 1. The average molecular weight is 279 g/mol. The number of nitrogens with one attached hydrogen (secondary N) is 1. The van der Waals surface area contributed by atoms with Crippen LogP contribution < -0.4 is 5.32 Å². The number of aryl methyl sites for hydroxylation is 1. The third kappa shape index (κ3) is 3.63. The Kier molecular flexibility index (Phi) is 4.84. The highest BCUT2D eigenvalue weighted by Crippen LogP contribution is 2.19. The van der Waals surface area contributed by atoms with E-state index < -0.39 is 11.6 Å². The first kappa shape index (κ1) is 14.7. The SMILES string of the molecule is CCNC(Cc1cc(F)cc(F)c1)c1cnn(CC)c1. The molecule has 3 nitrogen and oxygen atoms in total. The fourth-order valence-corrected chi connectivity index (χ4v) is 2.25. The second-order valence-corrected chi connectivity index (χ2v) is 4.72. The lowest BCUT2D eigenvalue weighted by molar-refractivity contribution is 0.538. The van der Waals surface area contributed by atoms with Crippen LogP contribution in [0.1, 0.15) is 31.0 Å². The van der Waals surface area contributed by atoms with Crippen molar-refractivity contribution >= 4 is 0 Å². The van der Waals surface area contributed by atoms with Gasteiger partial charge >= 0.3 is 0 Å². The molecule has 0 aliphatic heterocycles. The van der Waals surface area contributed by atoms with Gasteiger partial charge in [0.15, 0.2) is 0 Å². The lowest BCUT2D eigenvalue weighted by Crippen LogP contribution is -2.22. The predicted molar refractivity (Wildman–Crippen MR) is 74.4 cm³/mol. The van der Waals surface area contributed by atoms with E-state index in [4.69, 9.17) is 0 Å². The highest BCUT2D eigenvalue weighted by atomic mass is 19.1. The van der Waals surface area contributed by atoms with Gasteiger partial charge in [0.1, 0.15) is 11.6 Å². The van der Waals surface area contributed by atoms with Crippen molar-refractivity contribution < 1.29 is 8.78 Å². The van der Waals surface area contributed by atoms with Crippen LogP contribution in [0.4, 0.5) is 8.78 Å². The minimum Gasteiger partial charge on any atom is -0.310 e. The molecule has 1 aromatic heterocycles. The maximum absolute atomic E-state index is 13.2. The summed E-state index contributed by atoms with van der Waals surface area (Å²) in [7, 11) is 0. The Morgan fingerprint density at radius 2 is 1.90 bits per heavy atom. The molecule has 1 heterocycles. The number of likely N-dealkylation sites (N-methyl/N-ethyl adjacent to an activating group) is 1. The summed E-state index contributed by atoms with van der Waals surface area (Å²) in [5.41, 5.74) is 1.66. The first-order valence-electron chi connectivity index (χ1n) is 6.83. The molecule has 2 rings (SSSR count). The summed E-state index contributed by atoms with van der Waals surface area (Å²) in [6.07, 6.45) is 4.29. The van der Waals surface area contributed by atoms with E-state index in [1.807, 2.05) is 24.7 Å². The van der Waals surface area contributed by atoms with E-state index >= 15 is 0 Å². The van der Waals surface area contributed by atoms with Crippen molar-refractivity contribution in [3.05, 3.63) is 53.4 Å². The van der Waals surface area contributed by atoms with Gasteiger partial charge in [-0.3, -0.25) is 4.68 Å². The Morgan fingerprint density at radius 3 is 2.45 bits per heavy atom. The van der Waals surface area contributed by atoms with Crippen LogP contribution in [-0.2, 0) is 13.0 Å². The summed E-state index contributed by atoms with van der Waals surface area (Å²) < 4.78 is 28.3. The quantitative estimate of drug-likeness (QED) is 0.880. The summed E-state index contributed by atoms with van der Waals surface area (Å²) in [4.78, 5) is 0. The Morgan fingerprint density at radius 1 is 1.20 bits per heavy atom. The fourth-order valence-electron chi connectivity index (χ4n) is 2.25. The topological polar surface area (TPSA) is 29.9 Å². The first-order valence-corrected chi connectivity index (χ1v) is 6.83. The van der Waals surface area contributed by atoms with Gasteiger partial charge in [-0.2, -0.15) is 5.10 Å². The molecule has 20 heavy (non-hydrogen) atoms. The van der Waals surface area contributed by atoms with Gasteiger partial charge in [0, 0.05) is 30.4 Å². The molecule has 0 aliphatic carbocycles. The molecule has 1 N–H and O–H groups in total. The Bertz CT molecular complexity index is 546. The predicted octanol–water partition coefficient (Wildman–Crippen LogP) is 3.07. The zero-order valence-electron chi connectivity index (χ0n) is 11.7. The molecule has 1 unspecified atom stereocenters. The average Bonchev–Trinajstić information content (AvgIpc) is 2.85. The van der Waals surface area contributed by atoms with Crippen LogP contribution in [0.2, 0.25) is 0 Å². The van der Waals surface area contributed by atoms with Gasteiger partial charge in [-0.05, 0) is 37.6 Å². The van der Waals surface area contributed by atoms with Gasteiger partial charge in [-0.15, -0.1) is 0 Å². The number of nitrogens with zero attached hydrogens (tertiary/aromatic N) is 2. The van der Waals surface area contributed by atoms with Gasteiger partial charge in [0.2, 0.25) is 0 Å². The molecule has 0 saturated heterocycles. The van der Waals surface area contributed by atoms with E-state index in [0.717, 1.165) is 24.7 Å². The van der Waals surface area contributed by atoms with Crippen molar-refractivity contribution in [1.29, 1.82) is 0 Å². The third-order valence-electron chi connectivity index (χ3n) is 3.19. The molecule has 1 atom stereocenters. The maximum Gasteiger partial charge on any atom is 0.126 e. The van der Waals surface area contributed by atoms with E-state index in [-0.39, 0.29) is 6.04 Å². The molecule has 108 valence electrons. The third-order valence-corrected chi connectivity index (χ3v) is 3.19. The van der Waals surface area contributed by atoms with Gasteiger partial charge in [0.25, 0.3) is 0 Å². The van der Waals surface area contributed by atoms with Crippen LogP contribution in [0.5, 0.6) is 0 Å². The summed E-state index contributed by atoms with van der Waals surface area (Å²) in [6.45, 7) is 5.59. The van der Waals surface area contributed by atoms with Crippen LogP contribution in [0.25, 0.3) is 0 Å². The molecule has 5 heteroatoms. The number of hydrogen-bond acceptors (Lipinski definition) is 2.